The number of carbonyl (C=O) groups excluding carboxylic acids is 3. The van der Waals surface area contributed by atoms with Crippen molar-refractivity contribution in [2.45, 2.75) is 89.4 Å². The molecule has 14 N–H and O–H groups in total. The number of nitrogens with two attached hydrogens (primary N) is 5. The predicted molar refractivity (Wildman–Crippen MR) is 142 cm³/mol. The van der Waals surface area contributed by atoms with Gasteiger partial charge in [0.15, 0.2) is 5.96 Å². The Kier molecular flexibility index (Phi) is 17.6. The Balaban J connectivity index is 5.50. The molecular formula is C23H47N9O5. The molecule has 0 aliphatic heterocycles. The first-order valence-electron chi connectivity index (χ1n) is 12.8. The van der Waals surface area contributed by atoms with Crippen LogP contribution in [0.4, 0.5) is 0 Å². The molecule has 214 valence electrons. The highest BCUT2D eigenvalue weighted by Crippen LogP contribution is 2.08. The lowest BCUT2D eigenvalue weighted by Gasteiger charge is -2.26. The van der Waals surface area contributed by atoms with Gasteiger partial charge >= 0.3 is 5.97 Å². The number of nitrogens with zero attached hydrogens (tertiary/aromatic N) is 1. The first-order chi connectivity index (χ1) is 17.4. The van der Waals surface area contributed by atoms with Gasteiger partial charge in [0.25, 0.3) is 0 Å². The Hall–Kier alpha value is -2.97. The third kappa shape index (κ3) is 15.0. The molecule has 14 heteroatoms. The van der Waals surface area contributed by atoms with Crippen LogP contribution in [0.1, 0.15) is 65.2 Å². The molecule has 0 aliphatic carbocycles. The molecule has 0 aromatic carbocycles. The highest BCUT2D eigenvalue weighted by Gasteiger charge is 2.30. The summed E-state index contributed by atoms with van der Waals surface area (Å²) in [6.07, 6.45) is 3.32. The van der Waals surface area contributed by atoms with Crippen LogP contribution in [0.5, 0.6) is 0 Å². The number of carboxylic acid groups (broad SMARTS) is 1. The van der Waals surface area contributed by atoms with E-state index in [1.807, 2.05) is 0 Å². The van der Waals surface area contributed by atoms with E-state index in [2.05, 4.69) is 20.9 Å². The quantitative estimate of drug-likeness (QED) is 0.0467. The third-order valence-corrected chi connectivity index (χ3v) is 5.74. The zero-order chi connectivity index (χ0) is 28.4. The zero-order valence-electron chi connectivity index (χ0n) is 22.1. The summed E-state index contributed by atoms with van der Waals surface area (Å²) in [5, 5.41) is 17.4. The highest BCUT2D eigenvalue weighted by atomic mass is 16.4. The van der Waals surface area contributed by atoms with Crippen LogP contribution in [0.25, 0.3) is 0 Å². The Morgan fingerprint density at radius 1 is 0.730 bits per heavy atom. The molecule has 0 rings (SSSR count). The van der Waals surface area contributed by atoms with Crippen molar-refractivity contribution in [2.75, 3.05) is 19.6 Å². The van der Waals surface area contributed by atoms with Crippen molar-refractivity contribution in [3.8, 4) is 0 Å². The van der Waals surface area contributed by atoms with Gasteiger partial charge in [-0.2, -0.15) is 0 Å². The second kappa shape index (κ2) is 19.2. The van der Waals surface area contributed by atoms with E-state index in [0.29, 0.717) is 51.6 Å². The van der Waals surface area contributed by atoms with E-state index in [4.69, 9.17) is 28.7 Å². The second-order valence-electron chi connectivity index (χ2n) is 9.31. The number of aliphatic imine (C=N–C) groups is 1. The van der Waals surface area contributed by atoms with Gasteiger partial charge in [-0.25, -0.2) is 4.79 Å². The zero-order valence-corrected chi connectivity index (χ0v) is 22.1. The van der Waals surface area contributed by atoms with Crippen LogP contribution < -0.4 is 44.6 Å². The molecule has 14 nitrogen and oxygen atoms in total. The fourth-order valence-corrected chi connectivity index (χ4v) is 3.40. The number of nitrogens with one attached hydrogen (secondary N) is 3. The topological polar surface area (TPSA) is 267 Å². The smallest absolute Gasteiger partial charge is 0.326 e. The summed E-state index contributed by atoms with van der Waals surface area (Å²) >= 11 is 0. The maximum absolute atomic E-state index is 13.1. The van der Waals surface area contributed by atoms with Gasteiger partial charge in [0.1, 0.15) is 18.1 Å². The number of hydrogen-bond acceptors (Lipinski definition) is 8. The van der Waals surface area contributed by atoms with Crippen LogP contribution in [-0.4, -0.2) is 78.6 Å². The molecule has 3 amide bonds. The van der Waals surface area contributed by atoms with Gasteiger partial charge in [-0.1, -0.05) is 13.8 Å². The molecule has 0 saturated heterocycles. The fraction of sp³-hybridized carbons (Fsp3) is 0.783. The van der Waals surface area contributed by atoms with Crippen molar-refractivity contribution in [1.82, 2.24) is 16.0 Å². The monoisotopic (exact) mass is 529 g/mol. The lowest BCUT2D eigenvalue weighted by atomic mass is 10.0. The van der Waals surface area contributed by atoms with Crippen LogP contribution in [0, 0.1) is 5.92 Å². The molecule has 37 heavy (non-hydrogen) atoms. The highest BCUT2D eigenvalue weighted by molar-refractivity contribution is 5.94. The summed E-state index contributed by atoms with van der Waals surface area (Å²) in [6.45, 7) is 4.62. The molecule has 0 aliphatic rings. The van der Waals surface area contributed by atoms with Crippen LogP contribution >= 0.6 is 0 Å². The molecule has 0 aromatic rings. The number of guanidine groups is 1. The molecule has 0 fully saturated rings. The van der Waals surface area contributed by atoms with Gasteiger partial charge in [0.2, 0.25) is 17.7 Å². The van der Waals surface area contributed by atoms with Crippen LogP contribution in [0.2, 0.25) is 0 Å². The number of hydrogen-bond donors (Lipinski definition) is 9. The first kappa shape index (κ1) is 34.0. The van der Waals surface area contributed by atoms with Gasteiger partial charge in [-0.05, 0) is 70.4 Å². The Morgan fingerprint density at radius 2 is 1.16 bits per heavy atom. The average Bonchev–Trinajstić information content (AvgIpc) is 2.83. The van der Waals surface area contributed by atoms with Gasteiger partial charge in [-0.15, -0.1) is 0 Å². The molecule has 0 heterocycles. The summed E-state index contributed by atoms with van der Waals surface area (Å²) in [4.78, 5) is 54.2. The maximum Gasteiger partial charge on any atom is 0.326 e. The van der Waals surface area contributed by atoms with E-state index in [-0.39, 0.29) is 31.3 Å². The standard InChI is InChI=1S/C23H47N9O5/c1-14(2)18(26)21(35)31-16(9-4-6-12-25)19(33)30-15(8-3-5-11-24)20(34)32-17(22(36)37)10-7-13-29-23(27)28/h14-18H,3-13,24-26H2,1-2H3,(H,30,33)(H,31,35)(H,32,34)(H,36,37)(H4,27,28,29). The minimum Gasteiger partial charge on any atom is -0.480 e. The predicted octanol–water partition coefficient (Wildman–Crippen LogP) is -2.18. The van der Waals surface area contributed by atoms with Crippen LogP contribution in [0.15, 0.2) is 4.99 Å². The molecule has 0 radical (unpaired) electrons. The van der Waals surface area contributed by atoms with Gasteiger partial charge in [-0.3, -0.25) is 19.4 Å². The number of carbonyl (C=O) groups is 4. The minimum absolute atomic E-state index is 0.0895. The minimum atomic E-state index is -1.22. The molecule has 0 bridgehead atoms. The number of unbranched alkanes of at least 4 members (excludes halogenated alkanes) is 2. The largest absolute Gasteiger partial charge is 0.480 e. The van der Waals surface area contributed by atoms with Crippen molar-refractivity contribution < 1.29 is 24.3 Å². The van der Waals surface area contributed by atoms with E-state index < -0.39 is 47.9 Å². The normalized spacial score (nSPS) is 14.2. The summed E-state index contributed by atoms with van der Waals surface area (Å²) in [6, 6.07) is -3.95. The van der Waals surface area contributed by atoms with E-state index >= 15 is 0 Å². The molecule has 0 spiro atoms. The summed E-state index contributed by atoms with van der Waals surface area (Å²) < 4.78 is 0. The maximum atomic E-state index is 13.1. The van der Waals surface area contributed by atoms with Crippen molar-refractivity contribution in [3.05, 3.63) is 0 Å². The molecule has 0 saturated carbocycles. The lowest BCUT2D eigenvalue weighted by Crippen LogP contribution is -2.57. The average molecular weight is 530 g/mol. The van der Waals surface area contributed by atoms with E-state index in [9.17, 15) is 24.3 Å². The van der Waals surface area contributed by atoms with Crippen molar-refractivity contribution in [3.63, 3.8) is 0 Å². The van der Waals surface area contributed by atoms with Crippen LogP contribution in [-0.2, 0) is 19.2 Å². The third-order valence-electron chi connectivity index (χ3n) is 5.74. The SMILES string of the molecule is CC(C)C(N)C(=O)NC(CCCCN)C(=O)NC(CCCCN)C(=O)NC(CCCN=C(N)N)C(=O)O. The molecule has 4 unspecified atom stereocenters. The van der Waals surface area contributed by atoms with Crippen molar-refractivity contribution in [1.29, 1.82) is 0 Å². The van der Waals surface area contributed by atoms with Gasteiger partial charge < -0.3 is 49.7 Å². The summed E-state index contributed by atoms with van der Waals surface area (Å²) in [5.41, 5.74) is 27.6. The van der Waals surface area contributed by atoms with E-state index in [0.717, 1.165) is 0 Å². The first-order valence-corrected chi connectivity index (χ1v) is 12.8. The van der Waals surface area contributed by atoms with Gasteiger partial charge in [0.05, 0.1) is 6.04 Å². The number of aliphatic carboxylic acids is 1. The second-order valence-corrected chi connectivity index (χ2v) is 9.31. The van der Waals surface area contributed by atoms with Gasteiger partial charge in [0, 0.05) is 6.54 Å². The number of amides is 3. The number of rotatable bonds is 20. The van der Waals surface area contributed by atoms with E-state index in [1.54, 1.807) is 13.8 Å². The Labute approximate surface area is 218 Å². The fourth-order valence-electron chi connectivity index (χ4n) is 3.40. The van der Waals surface area contributed by atoms with Crippen molar-refractivity contribution in [2.24, 2.45) is 39.6 Å². The molecule has 0 aromatic heterocycles. The molecular weight excluding hydrogens is 482 g/mol. The van der Waals surface area contributed by atoms with Crippen LogP contribution in [0.3, 0.4) is 0 Å². The number of carboxylic acids is 1. The lowest BCUT2D eigenvalue weighted by molar-refractivity contribution is -0.142. The van der Waals surface area contributed by atoms with E-state index in [1.165, 1.54) is 0 Å². The molecule has 4 atom stereocenters. The summed E-state index contributed by atoms with van der Waals surface area (Å²) in [7, 11) is 0. The van der Waals surface area contributed by atoms with Crippen molar-refractivity contribution >= 4 is 29.7 Å². The Morgan fingerprint density at radius 3 is 1.57 bits per heavy atom. The summed E-state index contributed by atoms with van der Waals surface area (Å²) in [5.74, 6) is -3.15. The Bertz CT molecular complexity index is 744.